The predicted molar refractivity (Wildman–Crippen MR) is 85.4 cm³/mol. The summed E-state index contributed by atoms with van der Waals surface area (Å²) in [6.45, 7) is 5.86. The third-order valence-corrected chi connectivity index (χ3v) is 4.41. The maximum Gasteiger partial charge on any atom is 0.326 e. The van der Waals surface area contributed by atoms with Gasteiger partial charge in [0.15, 0.2) is 0 Å². The van der Waals surface area contributed by atoms with Crippen molar-refractivity contribution >= 4 is 5.97 Å². The smallest absolute Gasteiger partial charge is 0.326 e. The molecule has 1 aliphatic rings. The quantitative estimate of drug-likeness (QED) is 0.469. The van der Waals surface area contributed by atoms with Gasteiger partial charge in [-0.2, -0.15) is 0 Å². The highest BCUT2D eigenvalue weighted by Gasteiger charge is 2.46. The van der Waals surface area contributed by atoms with E-state index in [1.807, 2.05) is 6.92 Å². The van der Waals surface area contributed by atoms with E-state index in [0.29, 0.717) is 0 Å². The molecule has 4 nitrogen and oxygen atoms in total. The van der Waals surface area contributed by atoms with Crippen molar-refractivity contribution in [3.05, 3.63) is 0 Å². The molecule has 0 saturated heterocycles. The first kappa shape index (κ1) is 18.4. The molecule has 0 aliphatic heterocycles. The Bertz CT molecular complexity index is 296. The Kier molecular flexibility index (Phi) is 8.93. The molecule has 2 atom stereocenters. The molecule has 0 amide bonds. The molecule has 21 heavy (non-hydrogen) atoms. The van der Waals surface area contributed by atoms with E-state index >= 15 is 0 Å². The summed E-state index contributed by atoms with van der Waals surface area (Å²) < 4.78 is 10.9. The van der Waals surface area contributed by atoms with Gasteiger partial charge in [-0.3, -0.25) is 4.79 Å². The maximum atomic E-state index is 12.0. The molecule has 0 spiro atoms. The van der Waals surface area contributed by atoms with Gasteiger partial charge in [-0.05, 0) is 25.8 Å². The summed E-state index contributed by atoms with van der Waals surface area (Å²) in [6, 6.07) is 0. The van der Waals surface area contributed by atoms with Crippen LogP contribution in [0.5, 0.6) is 0 Å². The summed E-state index contributed by atoms with van der Waals surface area (Å²) in [6.07, 6.45) is 10.4. The first-order chi connectivity index (χ1) is 10.2. The second kappa shape index (κ2) is 10.2. The third kappa shape index (κ3) is 5.95. The highest BCUT2D eigenvalue weighted by Crippen LogP contribution is 2.33. The largest absolute Gasteiger partial charge is 0.468 e. The van der Waals surface area contributed by atoms with Gasteiger partial charge in [0.1, 0.15) is 5.54 Å². The minimum atomic E-state index is -0.519. The van der Waals surface area contributed by atoms with Crippen LogP contribution in [0.15, 0.2) is 0 Å². The van der Waals surface area contributed by atoms with Gasteiger partial charge in [0.05, 0.1) is 13.2 Å². The summed E-state index contributed by atoms with van der Waals surface area (Å²) in [5, 5.41) is 3.31. The summed E-state index contributed by atoms with van der Waals surface area (Å²) >= 11 is 0. The van der Waals surface area contributed by atoms with Crippen molar-refractivity contribution in [3.63, 3.8) is 0 Å². The van der Waals surface area contributed by atoms with E-state index in [0.717, 1.165) is 38.8 Å². The molecule has 1 N–H and O–H groups in total. The van der Waals surface area contributed by atoms with Gasteiger partial charge in [0.25, 0.3) is 0 Å². The first-order valence-electron chi connectivity index (χ1n) is 8.63. The monoisotopic (exact) mass is 299 g/mol. The molecule has 0 heterocycles. The van der Waals surface area contributed by atoms with Crippen molar-refractivity contribution in [2.45, 2.75) is 83.3 Å². The Morgan fingerprint density at radius 3 is 2.57 bits per heavy atom. The van der Waals surface area contributed by atoms with Crippen LogP contribution in [0.1, 0.15) is 71.6 Å². The van der Waals surface area contributed by atoms with E-state index in [2.05, 4.69) is 12.2 Å². The highest BCUT2D eigenvalue weighted by molar-refractivity contribution is 5.81. The fourth-order valence-corrected chi connectivity index (χ4v) is 3.23. The average molecular weight is 299 g/mol. The Morgan fingerprint density at radius 1 is 1.19 bits per heavy atom. The lowest BCUT2D eigenvalue weighted by molar-refractivity contribution is -0.148. The van der Waals surface area contributed by atoms with Crippen LogP contribution in [-0.2, 0) is 14.3 Å². The average Bonchev–Trinajstić information content (AvgIpc) is 2.90. The molecule has 124 valence electrons. The van der Waals surface area contributed by atoms with Crippen LogP contribution in [0.2, 0.25) is 0 Å². The van der Waals surface area contributed by atoms with Crippen molar-refractivity contribution in [3.8, 4) is 0 Å². The SMILES string of the molecule is CCCCCCCCOC1CCC(NCC)(C(=O)OC)C1. The number of ether oxygens (including phenoxy) is 2. The molecule has 1 aliphatic carbocycles. The van der Waals surface area contributed by atoms with Crippen molar-refractivity contribution in [1.29, 1.82) is 0 Å². The second-order valence-electron chi connectivity index (χ2n) is 6.11. The van der Waals surface area contributed by atoms with Gasteiger partial charge in [0, 0.05) is 13.0 Å². The van der Waals surface area contributed by atoms with E-state index < -0.39 is 5.54 Å². The Morgan fingerprint density at radius 2 is 1.90 bits per heavy atom. The van der Waals surface area contributed by atoms with E-state index in [9.17, 15) is 4.79 Å². The second-order valence-corrected chi connectivity index (χ2v) is 6.11. The van der Waals surface area contributed by atoms with Gasteiger partial charge in [-0.25, -0.2) is 0 Å². The lowest BCUT2D eigenvalue weighted by atomic mass is 9.97. The van der Waals surface area contributed by atoms with Crippen LogP contribution < -0.4 is 5.32 Å². The molecule has 0 aromatic heterocycles. The minimum absolute atomic E-state index is 0.144. The Hall–Kier alpha value is -0.610. The summed E-state index contributed by atoms with van der Waals surface area (Å²) in [7, 11) is 1.46. The topological polar surface area (TPSA) is 47.6 Å². The molecule has 4 heteroatoms. The number of hydrogen-bond acceptors (Lipinski definition) is 4. The minimum Gasteiger partial charge on any atom is -0.468 e. The maximum absolute atomic E-state index is 12.0. The van der Waals surface area contributed by atoms with Gasteiger partial charge in [-0.1, -0.05) is 46.0 Å². The zero-order chi connectivity index (χ0) is 15.6. The molecule has 1 saturated carbocycles. The Balaban J connectivity index is 2.22. The summed E-state index contributed by atoms with van der Waals surface area (Å²) in [5.74, 6) is -0.144. The standard InChI is InChI=1S/C17H33NO3/c1-4-6-7-8-9-10-13-21-15-11-12-17(14-15,18-5-2)16(19)20-3/h15,18H,4-14H2,1-3H3. The number of esters is 1. The number of carbonyl (C=O) groups is 1. The molecule has 0 aromatic rings. The van der Waals surface area contributed by atoms with Gasteiger partial charge in [-0.15, -0.1) is 0 Å². The molecular weight excluding hydrogens is 266 g/mol. The molecule has 1 fully saturated rings. The molecule has 0 radical (unpaired) electrons. The molecule has 0 bridgehead atoms. The molecule has 0 aromatic carbocycles. The van der Waals surface area contributed by atoms with Crippen LogP contribution in [0.3, 0.4) is 0 Å². The van der Waals surface area contributed by atoms with Crippen LogP contribution in [0.25, 0.3) is 0 Å². The van der Waals surface area contributed by atoms with Crippen molar-refractivity contribution in [2.75, 3.05) is 20.3 Å². The third-order valence-electron chi connectivity index (χ3n) is 4.41. The summed E-state index contributed by atoms with van der Waals surface area (Å²) in [5.41, 5.74) is -0.519. The molecular formula is C17H33NO3. The van der Waals surface area contributed by atoms with Crippen molar-refractivity contribution in [2.24, 2.45) is 0 Å². The van der Waals surface area contributed by atoms with Crippen LogP contribution in [-0.4, -0.2) is 37.9 Å². The fourth-order valence-electron chi connectivity index (χ4n) is 3.23. The predicted octanol–water partition coefficient (Wildman–Crippen LogP) is 3.44. The zero-order valence-corrected chi connectivity index (χ0v) is 14.1. The number of hydrogen-bond donors (Lipinski definition) is 1. The van der Waals surface area contributed by atoms with Crippen LogP contribution in [0, 0.1) is 0 Å². The summed E-state index contributed by atoms with van der Waals surface area (Å²) in [4.78, 5) is 12.0. The zero-order valence-electron chi connectivity index (χ0n) is 14.1. The number of unbranched alkanes of at least 4 members (excludes halogenated alkanes) is 5. The number of likely N-dealkylation sites (N-methyl/N-ethyl adjacent to an activating group) is 1. The van der Waals surface area contributed by atoms with Gasteiger partial charge in [0.2, 0.25) is 0 Å². The van der Waals surface area contributed by atoms with Gasteiger partial charge >= 0.3 is 5.97 Å². The van der Waals surface area contributed by atoms with Crippen molar-refractivity contribution < 1.29 is 14.3 Å². The van der Waals surface area contributed by atoms with Crippen molar-refractivity contribution in [1.82, 2.24) is 5.32 Å². The van der Waals surface area contributed by atoms with E-state index in [4.69, 9.17) is 9.47 Å². The molecule has 1 rings (SSSR count). The highest BCUT2D eigenvalue weighted by atomic mass is 16.5. The van der Waals surface area contributed by atoms with Gasteiger partial charge < -0.3 is 14.8 Å². The Labute approximate surface area is 130 Å². The number of rotatable bonds is 11. The number of nitrogens with one attached hydrogen (secondary N) is 1. The van der Waals surface area contributed by atoms with E-state index in [1.165, 1.54) is 39.2 Å². The number of carbonyl (C=O) groups excluding carboxylic acids is 1. The van der Waals surface area contributed by atoms with Crippen LogP contribution >= 0.6 is 0 Å². The van der Waals surface area contributed by atoms with Crippen LogP contribution in [0.4, 0.5) is 0 Å². The van der Waals surface area contributed by atoms with E-state index in [1.54, 1.807) is 0 Å². The number of methoxy groups -OCH3 is 1. The first-order valence-corrected chi connectivity index (χ1v) is 8.63. The van der Waals surface area contributed by atoms with E-state index in [-0.39, 0.29) is 12.1 Å². The lowest BCUT2D eigenvalue weighted by Crippen LogP contribution is -2.51. The molecule has 2 unspecified atom stereocenters. The normalized spacial score (nSPS) is 25.2. The lowest BCUT2D eigenvalue weighted by Gasteiger charge is -2.27. The fraction of sp³-hybridized carbons (Fsp3) is 0.941.